The average Bonchev–Trinajstić information content (AvgIpc) is 2.50. The van der Waals surface area contributed by atoms with E-state index in [1.807, 2.05) is 34.6 Å². The van der Waals surface area contributed by atoms with Gasteiger partial charge in [0.1, 0.15) is 11.6 Å². The molecule has 0 saturated heterocycles. The first kappa shape index (κ1) is 18.0. The van der Waals surface area contributed by atoms with Crippen LogP contribution in [0.4, 0.5) is 4.39 Å². The molecular weight excluding hydrogens is 251 g/mol. The first-order valence-electron chi connectivity index (χ1n) is 7.08. The topological polar surface area (TPSA) is 20.2 Å². The zero-order chi connectivity index (χ0) is 15.7. The Morgan fingerprint density at radius 2 is 1.75 bits per heavy atom. The minimum absolute atomic E-state index is 0.180. The van der Waals surface area contributed by atoms with Crippen molar-refractivity contribution in [1.82, 2.24) is 0 Å². The molecule has 0 bridgehead atoms. The summed E-state index contributed by atoms with van der Waals surface area (Å²) in [5.74, 6) is 2.16. The van der Waals surface area contributed by atoms with Crippen LogP contribution in [0.2, 0.25) is 0 Å². The van der Waals surface area contributed by atoms with E-state index in [1.54, 1.807) is 18.2 Å². The van der Waals surface area contributed by atoms with Gasteiger partial charge in [0.05, 0.1) is 5.56 Å². The molecule has 108 valence electrons. The molecule has 20 heavy (non-hydrogen) atoms. The zero-order valence-corrected chi connectivity index (χ0v) is 12.9. The van der Waals surface area contributed by atoms with Crippen molar-refractivity contribution in [3.05, 3.63) is 41.2 Å². The highest BCUT2D eigenvalue weighted by atomic mass is 19.1. The predicted octanol–water partition coefficient (Wildman–Crippen LogP) is 5.28. The normalized spacial score (nSPS) is 8.85. The van der Waals surface area contributed by atoms with Gasteiger partial charge in [-0.2, -0.15) is 0 Å². The minimum atomic E-state index is -0.393. The Morgan fingerprint density at radius 3 is 2.25 bits per heavy atom. The molecule has 0 atom stereocenters. The van der Waals surface area contributed by atoms with Crippen LogP contribution < -0.4 is 0 Å². The van der Waals surface area contributed by atoms with Gasteiger partial charge in [0.15, 0.2) is 0 Å². The lowest BCUT2D eigenvalue weighted by Gasteiger charge is -2.08. The van der Waals surface area contributed by atoms with Crippen LogP contribution in [0.25, 0.3) is 10.8 Å². The standard InChI is InChI=1S/C14H11FO.2C2H6/c1-3-9-7-11(16)8-10-5-6-13(15)12(4-2)14(9)10;2*1-2/h2,5-8,16H,3H2,1H3;2*1-2H3. The monoisotopic (exact) mass is 274 g/mol. The summed E-state index contributed by atoms with van der Waals surface area (Å²) in [7, 11) is 0. The Labute approximate surface area is 121 Å². The van der Waals surface area contributed by atoms with Crippen LogP contribution in [0.1, 0.15) is 45.7 Å². The molecule has 2 aromatic carbocycles. The summed E-state index contributed by atoms with van der Waals surface area (Å²) in [5, 5.41) is 11.0. The molecule has 1 N–H and O–H groups in total. The minimum Gasteiger partial charge on any atom is -0.508 e. The van der Waals surface area contributed by atoms with Crippen LogP contribution in [-0.4, -0.2) is 5.11 Å². The smallest absolute Gasteiger partial charge is 0.139 e. The molecule has 2 rings (SSSR count). The van der Waals surface area contributed by atoms with Gasteiger partial charge in [-0.3, -0.25) is 0 Å². The lowest BCUT2D eigenvalue weighted by molar-refractivity contribution is 0.475. The highest BCUT2D eigenvalue weighted by molar-refractivity contribution is 5.92. The number of rotatable bonds is 1. The van der Waals surface area contributed by atoms with E-state index < -0.39 is 5.82 Å². The molecule has 0 aromatic heterocycles. The van der Waals surface area contributed by atoms with Gasteiger partial charge in [0.2, 0.25) is 0 Å². The Balaban J connectivity index is 0.000000829. The molecule has 0 unspecified atom stereocenters. The molecule has 0 spiro atoms. The number of terminal acetylenes is 1. The second-order valence-electron chi connectivity index (χ2n) is 3.62. The third-order valence-corrected chi connectivity index (χ3v) is 2.66. The van der Waals surface area contributed by atoms with Crippen molar-refractivity contribution in [3.63, 3.8) is 0 Å². The maximum atomic E-state index is 13.5. The average molecular weight is 274 g/mol. The van der Waals surface area contributed by atoms with E-state index in [1.165, 1.54) is 6.07 Å². The molecule has 0 saturated carbocycles. The van der Waals surface area contributed by atoms with Gasteiger partial charge in [0, 0.05) is 5.39 Å². The third kappa shape index (κ3) is 3.74. The van der Waals surface area contributed by atoms with E-state index in [2.05, 4.69) is 5.92 Å². The largest absolute Gasteiger partial charge is 0.508 e. The molecule has 1 nitrogen and oxygen atoms in total. The SMILES string of the molecule is C#Cc1c(F)ccc2cc(O)cc(CC)c12.CC.CC. The maximum Gasteiger partial charge on any atom is 0.139 e. The van der Waals surface area contributed by atoms with Gasteiger partial charge < -0.3 is 5.11 Å². The number of benzene rings is 2. The highest BCUT2D eigenvalue weighted by Crippen LogP contribution is 2.29. The summed E-state index contributed by atoms with van der Waals surface area (Å²) in [5.41, 5.74) is 1.14. The second-order valence-corrected chi connectivity index (χ2v) is 3.62. The van der Waals surface area contributed by atoms with Crippen LogP contribution in [-0.2, 0) is 6.42 Å². The van der Waals surface area contributed by atoms with E-state index in [0.717, 1.165) is 16.3 Å². The summed E-state index contributed by atoms with van der Waals surface area (Å²) in [6.07, 6.45) is 6.02. The molecule has 0 radical (unpaired) electrons. The summed E-state index contributed by atoms with van der Waals surface area (Å²) in [6.45, 7) is 9.94. The molecule has 0 aliphatic carbocycles. The van der Waals surface area contributed by atoms with Crippen molar-refractivity contribution in [2.24, 2.45) is 0 Å². The van der Waals surface area contributed by atoms with Gasteiger partial charge in [-0.25, -0.2) is 4.39 Å². The summed E-state index contributed by atoms with van der Waals surface area (Å²) in [4.78, 5) is 0. The van der Waals surface area contributed by atoms with Crippen LogP contribution in [0, 0.1) is 18.2 Å². The van der Waals surface area contributed by atoms with Crippen molar-refractivity contribution >= 4 is 10.8 Å². The molecule has 0 aliphatic heterocycles. The highest BCUT2D eigenvalue weighted by Gasteiger charge is 2.10. The summed E-state index contributed by atoms with van der Waals surface area (Å²) in [6, 6.07) is 6.18. The van der Waals surface area contributed by atoms with Gasteiger partial charge in [-0.05, 0) is 35.6 Å². The van der Waals surface area contributed by atoms with Crippen molar-refractivity contribution in [3.8, 4) is 18.1 Å². The number of aromatic hydroxyl groups is 1. The number of halogens is 1. The van der Waals surface area contributed by atoms with Crippen LogP contribution in [0.5, 0.6) is 5.75 Å². The number of phenolic OH excluding ortho intramolecular Hbond substituents is 1. The molecule has 2 heteroatoms. The maximum absolute atomic E-state index is 13.5. The molecule has 0 heterocycles. The van der Waals surface area contributed by atoms with Gasteiger partial charge in [-0.15, -0.1) is 6.42 Å². The Morgan fingerprint density at radius 1 is 1.15 bits per heavy atom. The third-order valence-electron chi connectivity index (χ3n) is 2.66. The molecule has 0 fully saturated rings. The number of aryl methyl sites for hydroxylation is 1. The zero-order valence-electron chi connectivity index (χ0n) is 12.9. The fourth-order valence-electron chi connectivity index (χ4n) is 1.93. The number of phenols is 1. The lowest BCUT2D eigenvalue weighted by Crippen LogP contribution is -1.91. The van der Waals surface area contributed by atoms with Crippen LogP contribution in [0.3, 0.4) is 0 Å². The van der Waals surface area contributed by atoms with Gasteiger partial charge in [0.25, 0.3) is 0 Å². The quantitative estimate of drug-likeness (QED) is 0.701. The molecule has 0 aliphatic rings. The number of fused-ring (bicyclic) bond motifs is 1. The van der Waals surface area contributed by atoms with E-state index in [-0.39, 0.29) is 11.3 Å². The van der Waals surface area contributed by atoms with Crippen LogP contribution >= 0.6 is 0 Å². The molecule has 0 amide bonds. The Kier molecular flexibility index (Phi) is 8.08. The van der Waals surface area contributed by atoms with Gasteiger partial charge >= 0.3 is 0 Å². The first-order valence-corrected chi connectivity index (χ1v) is 7.08. The molecular formula is C18H23FO. The first-order chi connectivity index (χ1) is 9.67. The number of hydrogen-bond acceptors (Lipinski definition) is 1. The number of hydrogen-bond donors (Lipinski definition) is 1. The van der Waals surface area contributed by atoms with Crippen molar-refractivity contribution in [2.75, 3.05) is 0 Å². The second kappa shape index (κ2) is 8.98. The van der Waals surface area contributed by atoms with Crippen LogP contribution in [0.15, 0.2) is 24.3 Å². The van der Waals surface area contributed by atoms with Crippen molar-refractivity contribution in [2.45, 2.75) is 41.0 Å². The van der Waals surface area contributed by atoms with E-state index >= 15 is 0 Å². The molecule has 2 aromatic rings. The van der Waals surface area contributed by atoms with E-state index in [4.69, 9.17) is 6.42 Å². The Hall–Kier alpha value is -2.01. The summed E-state index contributed by atoms with van der Waals surface area (Å²) >= 11 is 0. The lowest BCUT2D eigenvalue weighted by atomic mass is 9.97. The summed E-state index contributed by atoms with van der Waals surface area (Å²) < 4.78 is 13.5. The van der Waals surface area contributed by atoms with Gasteiger partial charge in [-0.1, -0.05) is 46.6 Å². The van der Waals surface area contributed by atoms with Crippen molar-refractivity contribution in [1.29, 1.82) is 0 Å². The predicted molar refractivity (Wildman–Crippen MR) is 85.6 cm³/mol. The Bertz CT molecular complexity index is 594. The van der Waals surface area contributed by atoms with E-state index in [0.29, 0.717) is 6.42 Å². The fourth-order valence-corrected chi connectivity index (χ4v) is 1.93. The fraction of sp³-hybridized carbons (Fsp3) is 0.333. The van der Waals surface area contributed by atoms with E-state index in [9.17, 15) is 9.50 Å². The van der Waals surface area contributed by atoms with Crippen molar-refractivity contribution < 1.29 is 9.50 Å².